The van der Waals surface area contributed by atoms with E-state index in [2.05, 4.69) is 17.9 Å². The SMILES string of the molecule is CC[C@H](C#N)C#CC1CCCCC1. The van der Waals surface area contributed by atoms with Crippen LogP contribution in [0.3, 0.4) is 0 Å². The van der Waals surface area contributed by atoms with E-state index < -0.39 is 0 Å². The van der Waals surface area contributed by atoms with Crippen molar-refractivity contribution in [1.82, 2.24) is 0 Å². The first kappa shape index (κ1) is 10.1. The molecule has 0 N–H and O–H groups in total. The van der Waals surface area contributed by atoms with Gasteiger partial charge in [0.1, 0.15) is 5.92 Å². The summed E-state index contributed by atoms with van der Waals surface area (Å²) in [7, 11) is 0. The minimum Gasteiger partial charge on any atom is -0.197 e. The fourth-order valence-corrected chi connectivity index (χ4v) is 1.69. The average Bonchev–Trinajstić information content (AvgIpc) is 2.21. The van der Waals surface area contributed by atoms with Gasteiger partial charge in [0.25, 0.3) is 0 Å². The Morgan fingerprint density at radius 1 is 1.31 bits per heavy atom. The van der Waals surface area contributed by atoms with Crippen LogP contribution in [-0.4, -0.2) is 0 Å². The quantitative estimate of drug-likeness (QED) is 0.562. The monoisotopic (exact) mass is 175 g/mol. The number of rotatable bonds is 1. The lowest BCUT2D eigenvalue weighted by Crippen LogP contribution is -2.03. The van der Waals surface area contributed by atoms with Crippen LogP contribution in [0.1, 0.15) is 45.4 Å². The zero-order valence-corrected chi connectivity index (χ0v) is 8.34. The van der Waals surface area contributed by atoms with Crippen LogP contribution < -0.4 is 0 Å². The minimum absolute atomic E-state index is 0.0399. The first-order chi connectivity index (χ1) is 6.36. The van der Waals surface area contributed by atoms with Crippen molar-refractivity contribution >= 4 is 0 Å². The summed E-state index contributed by atoms with van der Waals surface area (Å²) >= 11 is 0. The molecule has 1 heteroatoms. The summed E-state index contributed by atoms with van der Waals surface area (Å²) in [6, 6.07) is 2.22. The Balaban J connectivity index is 2.40. The Kier molecular flexibility index (Phi) is 4.41. The van der Waals surface area contributed by atoms with Crippen molar-refractivity contribution in [3.05, 3.63) is 0 Å². The fourth-order valence-electron chi connectivity index (χ4n) is 1.69. The maximum atomic E-state index is 8.70. The molecule has 0 aliphatic heterocycles. The summed E-state index contributed by atoms with van der Waals surface area (Å²) in [5, 5.41) is 8.70. The summed E-state index contributed by atoms with van der Waals surface area (Å²) < 4.78 is 0. The van der Waals surface area contributed by atoms with Gasteiger partial charge in [0, 0.05) is 5.92 Å². The maximum absolute atomic E-state index is 8.70. The van der Waals surface area contributed by atoms with Gasteiger partial charge in [-0.3, -0.25) is 0 Å². The van der Waals surface area contributed by atoms with Crippen LogP contribution in [0.15, 0.2) is 0 Å². The molecular weight excluding hydrogens is 158 g/mol. The first-order valence-electron chi connectivity index (χ1n) is 5.27. The van der Waals surface area contributed by atoms with E-state index in [4.69, 9.17) is 5.26 Å². The van der Waals surface area contributed by atoms with Crippen molar-refractivity contribution < 1.29 is 0 Å². The van der Waals surface area contributed by atoms with Gasteiger partial charge in [0.05, 0.1) is 6.07 Å². The molecule has 0 heterocycles. The van der Waals surface area contributed by atoms with E-state index >= 15 is 0 Å². The van der Waals surface area contributed by atoms with E-state index in [1.165, 1.54) is 32.1 Å². The third kappa shape index (κ3) is 3.51. The van der Waals surface area contributed by atoms with Gasteiger partial charge >= 0.3 is 0 Å². The molecule has 1 nitrogen and oxygen atoms in total. The maximum Gasteiger partial charge on any atom is 0.107 e. The van der Waals surface area contributed by atoms with E-state index in [0.29, 0.717) is 5.92 Å². The number of hydrogen-bond acceptors (Lipinski definition) is 1. The van der Waals surface area contributed by atoms with E-state index in [1.807, 2.05) is 6.92 Å². The zero-order chi connectivity index (χ0) is 9.52. The molecule has 1 aliphatic carbocycles. The highest BCUT2D eigenvalue weighted by atomic mass is 14.3. The second kappa shape index (κ2) is 5.65. The lowest BCUT2D eigenvalue weighted by atomic mass is 9.89. The van der Waals surface area contributed by atoms with Gasteiger partial charge in [-0.1, -0.05) is 38.0 Å². The molecule has 0 aromatic carbocycles. The molecule has 0 aromatic heterocycles. The minimum atomic E-state index is -0.0399. The van der Waals surface area contributed by atoms with Gasteiger partial charge in [-0.05, 0) is 19.3 Å². The molecular formula is C12H17N. The Bertz CT molecular complexity index is 232. The predicted molar refractivity (Wildman–Crippen MR) is 53.7 cm³/mol. The van der Waals surface area contributed by atoms with Crippen molar-refractivity contribution in [2.45, 2.75) is 45.4 Å². The van der Waals surface area contributed by atoms with Gasteiger partial charge in [-0.15, -0.1) is 0 Å². The third-order valence-corrected chi connectivity index (χ3v) is 2.63. The highest BCUT2D eigenvalue weighted by Crippen LogP contribution is 2.22. The van der Waals surface area contributed by atoms with Crippen LogP contribution in [0.25, 0.3) is 0 Å². The molecule has 1 saturated carbocycles. The molecule has 0 saturated heterocycles. The lowest BCUT2D eigenvalue weighted by Gasteiger charge is -2.15. The van der Waals surface area contributed by atoms with E-state index in [0.717, 1.165) is 6.42 Å². The molecule has 13 heavy (non-hydrogen) atoms. The van der Waals surface area contributed by atoms with Crippen molar-refractivity contribution in [3.8, 4) is 17.9 Å². The van der Waals surface area contributed by atoms with Gasteiger partial charge in [0.2, 0.25) is 0 Å². The lowest BCUT2D eigenvalue weighted by molar-refractivity contribution is 0.430. The molecule has 1 rings (SSSR count). The normalized spacial score (nSPS) is 19.7. The number of hydrogen-bond donors (Lipinski definition) is 0. The Morgan fingerprint density at radius 2 is 2.00 bits per heavy atom. The molecule has 0 spiro atoms. The standard InChI is InChI=1S/C12H17N/c1-2-11(10-13)8-9-12-6-4-3-5-7-12/h11-12H,2-7H2,1H3/t11-/m0/s1. The third-order valence-electron chi connectivity index (χ3n) is 2.63. The van der Waals surface area contributed by atoms with Crippen molar-refractivity contribution in [3.63, 3.8) is 0 Å². The molecule has 1 fully saturated rings. The molecule has 70 valence electrons. The largest absolute Gasteiger partial charge is 0.197 e. The van der Waals surface area contributed by atoms with Gasteiger partial charge < -0.3 is 0 Å². The molecule has 1 aliphatic rings. The zero-order valence-electron chi connectivity index (χ0n) is 8.34. The Hall–Kier alpha value is -0.950. The van der Waals surface area contributed by atoms with Crippen LogP contribution in [0, 0.1) is 35.0 Å². The molecule has 0 radical (unpaired) electrons. The molecule has 0 aromatic rings. The summed E-state index contributed by atoms with van der Waals surface area (Å²) in [6.45, 7) is 2.02. The van der Waals surface area contributed by atoms with Crippen LogP contribution in [0.4, 0.5) is 0 Å². The van der Waals surface area contributed by atoms with Gasteiger partial charge in [0.15, 0.2) is 0 Å². The fraction of sp³-hybridized carbons (Fsp3) is 0.750. The molecule has 0 amide bonds. The topological polar surface area (TPSA) is 23.8 Å². The smallest absolute Gasteiger partial charge is 0.107 e. The molecule has 0 bridgehead atoms. The van der Waals surface area contributed by atoms with E-state index in [-0.39, 0.29) is 5.92 Å². The number of nitrogens with zero attached hydrogens (tertiary/aromatic N) is 1. The van der Waals surface area contributed by atoms with E-state index in [1.54, 1.807) is 0 Å². The van der Waals surface area contributed by atoms with Crippen LogP contribution in [-0.2, 0) is 0 Å². The molecule has 0 unspecified atom stereocenters. The summed E-state index contributed by atoms with van der Waals surface area (Å²) in [5.74, 6) is 6.87. The Labute approximate surface area is 81.1 Å². The van der Waals surface area contributed by atoms with Crippen molar-refractivity contribution in [2.75, 3.05) is 0 Å². The van der Waals surface area contributed by atoms with Gasteiger partial charge in [-0.25, -0.2) is 0 Å². The van der Waals surface area contributed by atoms with Crippen molar-refractivity contribution in [1.29, 1.82) is 5.26 Å². The Morgan fingerprint density at radius 3 is 2.54 bits per heavy atom. The van der Waals surface area contributed by atoms with E-state index in [9.17, 15) is 0 Å². The van der Waals surface area contributed by atoms with Gasteiger partial charge in [-0.2, -0.15) is 5.26 Å². The average molecular weight is 175 g/mol. The second-order valence-corrected chi connectivity index (χ2v) is 3.71. The van der Waals surface area contributed by atoms with Crippen LogP contribution >= 0.6 is 0 Å². The van der Waals surface area contributed by atoms with Crippen LogP contribution in [0.2, 0.25) is 0 Å². The van der Waals surface area contributed by atoms with Crippen LogP contribution in [0.5, 0.6) is 0 Å². The first-order valence-corrected chi connectivity index (χ1v) is 5.27. The predicted octanol–water partition coefficient (Wildman–Crippen LogP) is 3.12. The number of nitriles is 1. The summed E-state index contributed by atoms with van der Waals surface area (Å²) in [4.78, 5) is 0. The molecule has 1 atom stereocenters. The summed E-state index contributed by atoms with van der Waals surface area (Å²) in [5.41, 5.74) is 0. The van der Waals surface area contributed by atoms with Crippen molar-refractivity contribution in [2.24, 2.45) is 11.8 Å². The highest BCUT2D eigenvalue weighted by molar-refractivity contribution is 5.13. The highest BCUT2D eigenvalue weighted by Gasteiger charge is 2.10. The summed E-state index contributed by atoms with van der Waals surface area (Å²) in [6.07, 6.45) is 7.36. The second-order valence-electron chi connectivity index (χ2n) is 3.71.